The van der Waals surface area contributed by atoms with Gasteiger partial charge in [0.2, 0.25) is 0 Å². The molecule has 1 atom stereocenters. The monoisotopic (exact) mass is 258 g/mol. The fourth-order valence-corrected chi connectivity index (χ4v) is 2.14. The number of fused-ring (bicyclic) bond motifs is 1. The molecular formula is C19H14O. The van der Waals surface area contributed by atoms with Crippen molar-refractivity contribution in [1.82, 2.24) is 0 Å². The minimum Gasteiger partial charge on any atom is -0.376 e. The van der Waals surface area contributed by atoms with E-state index in [0.717, 1.165) is 16.5 Å². The lowest BCUT2D eigenvalue weighted by Gasteiger charge is -2.02. The molecule has 1 N–H and O–H groups in total. The molecule has 0 saturated heterocycles. The Balaban J connectivity index is 1.88. The van der Waals surface area contributed by atoms with E-state index < -0.39 is 6.10 Å². The number of benzene rings is 3. The maximum atomic E-state index is 10.0. The second-order valence-electron chi connectivity index (χ2n) is 4.64. The summed E-state index contributed by atoms with van der Waals surface area (Å²) in [5.74, 6) is 5.92. The van der Waals surface area contributed by atoms with Crippen LogP contribution < -0.4 is 0 Å². The zero-order valence-corrected chi connectivity index (χ0v) is 11.0. The zero-order chi connectivity index (χ0) is 13.8. The number of hydrogen-bond donors (Lipinski definition) is 1. The maximum Gasteiger partial charge on any atom is 0.140 e. The minimum atomic E-state index is -0.748. The van der Waals surface area contributed by atoms with Crippen LogP contribution in [0.3, 0.4) is 0 Å². The first-order chi connectivity index (χ1) is 9.83. The van der Waals surface area contributed by atoms with Crippen molar-refractivity contribution in [2.45, 2.75) is 6.10 Å². The predicted molar refractivity (Wildman–Crippen MR) is 82.2 cm³/mol. The minimum absolute atomic E-state index is 0.748. The average Bonchev–Trinajstić information content (AvgIpc) is 2.53. The van der Waals surface area contributed by atoms with Crippen LogP contribution >= 0.6 is 0 Å². The van der Waals surface area contributed by atoms with Crippen LogP contribution in [-0.4, -0.2) is 5.11 Å². The molecule has 0 fully saturated rings. The highest BCUT2D eigenvalue weighted by Crippen LogP contribution is 2.16. The summed E-state index contributed by atoms with van der Waals surface area (Å²) in [6, 6.07) is 23.7. The Bertz CT molecular complexity index is 779. The van der Waals surface area contributed by atoms with Gasteiger partial charge in [-0.15, -0.1) is 0 Å². The zero-order valence-electron chi connectivity index (χ0n) is 11.0. The molecule has 0 aromatic heterocycles. The van der Waals surface area contributed by atoms with Gasteiger partial charge < -0.3 is 5.11 Å². The molecule has 0 bridgehead atoms. The lowest BCUT2D eigenvalue weighted by molar-refractivity contribution is 0.238. The van der Waals surface area contributed by atoms with E-state index in [2.05, 4.69) is 24.0 Å². The molecule has 0 radical (unpaired) electrons. The molecule has 1 unspecified atom stereocenters. The molecule has 1 heteroatoms. The molecule has 96 valence electrons. The molecule has 0 heterocycles. The van der Waals surface area contributed by atoms with Crippen molar-refractivity contribution in [2.24, 2.45) is 0 Å². The van der Waals surface area contributed by atoms with Crippen molar-refractivity contribution in [3.8, 4) is 11.8 Å². The second-order valence-corrected chi connectivity index (χ2v) is 4.64. The number of aliphatic hydroxyl groups excluding tert-OH is 1. The van der Waals surface area contributed by atoms with Crippen LogP contribution in [0.1, 0.15) is 17.2 Å². The lowest BCUT2D eigenvalue weighted by Crippen LogP contribution is -1.92. The van der Waals surface area contributed by atoms with Crippen molar-refractivity contribution in [1.29, 1.82) is 0 Å². The molecule has 0 spiro atoms. The van der Waals surface area contributed by atoms with Gasteiger partial charge in [-0.3, -0.25) is 0 Å². The van der Waals surface area contributed by atoms with Gasteiger partial charge in [-0.25, -0.2) is 0 Å². The van der Waals surface area contributed by atoms with Crippen LogP contribution in [0.5, 0.6) is 0 Å². The van der Waals surface area contributed by atoms with Crippen LogP contribution in [0.2, 0.25) is 0 Å². The molecule has 3 rings (SSSR count). The summed E-state index contributed by atoms with van der Waals surface area (Å²) in [6.07, 6.45) is -0.748. The van der Waals surface area contributed by atoms with Crippen LogP contribution in [-0.2, 0) is 0 Å². The third-order valence-corrected chi connectivity index (χ3v) is 3.22. The van der Waals surface area contributed by atoms with Gasteiger partial charge >= 0.3 is 0 Å². The van der Waals surface area contributed by atoms with Gasteiger partial charge in [0, 0.05) is 5.56 Å². The third kappa shape index (κ3) is 2.71. The molecule has 0 aliphatic heterocycles. The van der Waals surface area contributed by atoms with E-state index in [4.69, 9.17) is 0 Å². The average molecular weight is 258 g/mol. The summed E-state index contributed by atoms with van der Waals surface area (Å²) in [5.41, 5.74) is 1.74. The summed E-state index contributed by atoms with van der Waals surface area (Å²) < 4.78 is 0. The molecule has 0 aliphatic carbocycles. The van der Waals surface area contributed by atoms with Gasteiger partial charge in [0.1, 0.15) is 6.10 Å². The molecule has 3 aromatic carbocycles. The van der Waals surface area contributed by atoms with Gasteiger partial charge in [0.05, 0.1) is 0 Å². The quantitative estimate of drug-likeness (QED) is 0.656. The highest BCUT2D eigenvalue weighted by atomic mass is 16.3. The Hall–Kier alpha value is -2.56. The van der Waals surface area contributed by atoms with Gasteiger partial charge in [-0.1, -0.05) is 72.5 Å². The molecular weight excluding hydrogens is 244 g/mol. The summed E-state index contributed by atoms with van der Waals surface area (Å²) in [6.45, 7) is 0. The van der Waals surface area contributed by atoms with Crippen LogP contribution in [0, 0.1) is 11.8 Å². The Morgan fingerprint density at radius 1 is 0.750 bits per heavy atom. The van der Waals surface area contributed by atoms with Gasteiger partial charge in [-0.05, 0) is 28.5 Å². The summed E-state index contributed by atoms with van der Waals surface area (Å²) in [7, 11) is 0. The maximum absolute atomic E-state index is 10.0. The van der Waals surface area contributed by atoms with E-state index >= 15 is 0 Å². The Morgan fingerprint density at radius 3 is 2.25 bits per heavy atom. The summed E-state index contributed by atoms with van der Waals surface area (Å²) in [5, 5.41) is 12.4. The van der Waals surface area contributed by atoms with Gasteiger partial charge in [-0.2, -0.15) is 0 Å². The van der Waals surface area contributed by atoms with E-state index in [-0.39, 0.29) is 0 Å². The molecule has 0 saturated carbocycles. The van der Waals surface area contributed by atoms with Crippen LogP contribution in [0.4, 0.5) is 0 Å². The smallest absolute Gasteiger partial charge is 0.140 e. The standard InChI is InChI=1S/C19H14O/c20-19(17-7-2-1-3-8-17)13-11-15-10-12-16-6-4-5-9-18(16)14-15/h1-10,12,14,19-20H. The molecule has 3 aromatic rings. The number of rotatable bonds is 1. The normalized spacial score (nSPS) is 11.7. The largest absolute Gasteiger partial charge is 0.376 e. The van der Waals surface area contributed by atoms with E-state index in [1.54, 1.807) is 0 Å². The predicted octanol–water partition coefficient (Wildman–Crippen LogP) is 3.92. The summed E-state index contributed by atoms with van der Waals surface area (Å²) >= 11 is 0. The third-order valence-electron chi connectivity index (χ3n) is 3.22. The molecule has 0 amide bonds. The fraction of sp³-hybridized carbons (Fsp3) is 0.0526. The van der Waals surface area contributed by atoms with E-state index in [1.807, 2.05) is 60.7 Å². The van der Waals surface area contributed by atoms with E-state index in [1.165, 1.54) is 5.39 Å². The van der Waals surface area contributed by atoms with E-state index in [0.29, 0.717) is 0 Å². The second kappa shape index (κ2) is 5.61. The van der Waals surface area contributed by atoms with Crippen molar-refractivity contribution < 1.29 is 5.11 Å². The fourth-order valence-electron chi connectivity index (χ4n) is 2.14. The highest BCUT2D eigenvalue weighted by molar-refractivity contribution is 5.83. The Morgan fingerprint density at radius 2 is 1.45 bits per heavy atom. The van der Waals surface area contributed by atoms with Crippen molar-refractivity contribution in [3.05, 3.63) is 83.9 Å². The van der Waals surface area contributed by atoms with Gasteiger partial charge in [0.25, 0.3) is 0 Å². The first-order valence-corrected chi connectivity index (χ1v) is 6.56. The highest BCUT2D eigenvalue weighted by Gasteiger charge is 2.01. The van der Waals surface area contributed by atoms with Gasteiger partial charge in [0.15, 0.2) is 0 Å². The summed E-state index contributed by atoms with van der Waals surface area (Å²) in [4.78, 5) is 0. The first kappa shape index (κ1) is 12.5. The number of hydrogen-bond acceptors (Lipinski definition) is 1. The van der Waals surface area contributed by atoms with Crippen LogP contribution in [0.25, 0.3) is 10.8 Å². The first-order valence-electron chi connectivity index (χ1n) is 6.56. The van der Waals surface area contributed by atoms with Crippen molar-refractivity contribution in [3.63, 3.8) is 0 Å². The SMILES string of the molecule is OC(C#Cc1ccc2ccccc2c1)c1ccccc1. The van der Waals surface area contributed by atoms with E-state index in [9.17, 15) is 5.11 Å². The lowest BCUT2D eigenvalue weighted by atomic mass is 10.1. The molecule has 0 aliphatic rings. The van der Waals surface area contributed by atoms with Crippen molar-refractivity contribution >= 4 is 10.8 Å². The molecule has 20 heavy (non-hydrogen) atoms. The molecule has 1 nitrogen and oxygen atoms in total. The Kier molecular flexibility index (Phi) is 3.50. The Labute approximate surface area is 118 Å². The van der Waals surface area contributed by atoms with Crippen LogP contribution in [0.15, 0.2) is 72.8 Å². The topological polar surface area (TPSA) is 20.2 Å². The van der Waals surface area contributed by atoms with Crippen molar-refractivity contribution in [2.75, 3.05) is 0 Å². The number of aliphatic hydroxyl groups is 1.